The largest absolute Gasteiger partial charge is 0.485 e. The number of nitrogens with two attached hydrogens (primary N) is 1. The van der Waals surface area contributed by atoms with Crippen molar-refractivity contribution in [3.05, 3.63) is 34.3 Å². The summed E-state index contributed by atoms with van der Waals surface area (Å²) in [7, 11) is 0. The van der Waals surface area contributed by atoms with Crippen LogP contribution in [0, 0.1) is 13.8 Å². The van der Waals surface area contributed by atoms with E-state index in [4.69, 9.17) is 15.2 Å². The van der Waals surface area contributed by atoms with Gasteiger partial charge in [-0.15, -0.1) is 11.3 Å². The number of thiazole rings is 1. The summed E-state index contributed by atoms with van der Waals surface area (Å²) in [4.78, 5) is 4.24. The van der Waals surface area contributed by atoms with Crippen LogP contribution in [0.3, 0.4) is 0 Å². The SMILES string of the molecule is Cc1cc2c(cc1C)OC(c1csc(N)n1)CO2. The first-order valence-electron chi connectivity index (χ1n) is 5.75. The molecule has 2 N–H and O–H groups in total. The van der Waals surface area contributed by atoms with Crippen LogP contribution < -0.4 is 15.2 Å². The van der Waals surface area contributed by atoms with Crippen LogP contribution >= 0.6 is 11.3 Å². The first kappa shape index (κ1) is 11.3. The number of hydrogen-bond acceptors (Lipinski definition) is 5. The van der Waals surface area contributed by atoms with Gasteiger partial charge in [0.05, 0.1) is 5.69 Å². The van der Waals surface area contributed by atoms with Gasteiger partial charge in [0.2, 0.25) is 0 Å². The zero-order valence-corrected chi connectivity index (χ0v) is 11.1. The van der Waals surface area contributed by atoms with Gasteiger partial charge in [0.15, 0.2) is 22.7 Å². The summed E-state index contributed by atoms with van der Waals surface area (Å²) < 4.78 is 11.7. The van der Waals surface area contributed by atoms with E-state index in [2.05, 4.69) is 18.8 Å². The number of nitrogen functional groups attached to an aromatic ring is 1. The van der Waals surface area contributed by atoms with Gasteiger partial charge in [-0.25, -0.2) is 4.98 Å². The second-order valence-electron chi connectivity index (χ2n) is 4.41. The molecule has 0 bridgehead atoms. The Morgan fingerprint density at radius 1 is 1.28 bits per heavy atom. The lowest BCUT2D eigenvalue weighted by atomic mass is 10.1. The molecule has 1 aromatic heterocycles. The van der Waals surface area contributed by atoms with Crippen molar-refractivity contribution in [3.63, 3.8) is 0 Å². The van der Waals surface area contributed by atoms with Crippen molar-refractivity contribution in [1.29, 1.82) is 0 Å². The Hall–Kier alpha value is -1.75. The normalized spacial score (nSPS) is 17.8. The minimum atomic E-state index is -0.173. The molecule has 18 heavy (non-hydrogen) atoms. The van der Waals surface area contributed by atoms with Gasteiger partial charge in [-0.2, -0.15) is 0 Å². The third-order valence-electron chi connectivity index (χ3n) is 3.09. The van der Waals surface area contributed by atoms with Gasteiger partial charge in [-0.3, -0.25) is 0 Å². The Bertz CT molecular complexity index is 595. The maximum Gasteiger partial charge on any atom is 0.180 e. The van der Waals surface area contributed by atoms with Gasteiger partial charge in [0.1, 0.15) is 6.61 Å². The van der Waals surface area contributed by atoms with Crippen molar-refractivity contribution in [1.82, 2.24) is 4.98 Å². The molecule has 2 aromatic rings. The van der Waals surface area contributed by atoms with E-state index in [-0.39, 0.29) is 6.10 Å². The Balaban J connectivity index is 1.91. The minimum Gasteiger partial charge on any atom is -0.485 e. The summed E-state index contributed by atoms with van der Waals surface area (Å²) in [5.41, 5.74) is 8.86. The van der Waals surface area contributed by atoms with E-state index in [1.54, 1.807) is 0 Å². The van der Waals surface area contributed by atoms with E-state index in [1.165, 1.54) is 22.5 Å². The third kappa shape index (κ3) is 1.90. The van der Waals surface area contributed by atoms with E-state index >= 15 is 0 Å². The van der Waals surface area contributed by atoms with Crippen molar-refractivity contribution in [3.8, 4) is 11.5 Å². The number of anilines is 1. The molecule has 0 radical (unpaired) electrons. The van der Waals surface area contributed by atoms with Crippen molar-refractivity contribution in [2.75, 3.05) is 12.3 Å². The highest BCUT2D eigenvalue weighted by molar-refractivity contribution is 7.13. The smallest absolute Gasteiger partial charge is 0.180 e. The number of aryl methyl sites for hydroxylation is 2. The molecule has 1 aliphatic heterocycles. The first-order valence-corrected chi connectivity index (χ1v) is 6.63. The molecular weight excluding hydrogens is 248 g/mol. The van der Waals surface area contributed by atoms with E-state index in [1.807, 2.05) is 17.5 Å². The van der Waals surface area contributed by atoms with Crippen LogP contribution in [0.25, 0.3) is 0 Å². The zero-order chi connectivity index (χ0) is 12.7. The Labute approximate surface area is 109 Å². The Morgan fingerprint density at radius 2 is 2.00 bits per heavy atom. The lowest BCUT2D eigenvalue weighted by molar-refractivity contribution is 0.0886. The fraction of sp³-hybridized carbons (Fsp3) is 0.308. The standard InChI is InChI=1S/C13H14N2O2S/c1-7-3-10-11(4-8(7)2)17-12(5-16-10)9-6-18-13(14)15-9/h3-4,6,12H,5H2,1-2H3,(H2,14,15). The molecule has 0 saturated heterocycles. The third-order valence-corrected chi connectivity index (χ3v) is 3.78. The zero-order valence-electron chi connectivity index (χ0n) is 10.3. The van der Waals surface area contributed by atoms with Crippen molar-refractivity contribution >= 4 is 16.5 Å². The van der Waals surface area contributed by atoms with Crippen LogP contribution in [0.5, 0.6) is 11.5 Å². The topological polar surface area (TPSA) is 57.4 Å². The van der Waals surface area contributed by atoms with Crippen LogP contribution in [-0.4, -0.2) is 11.6 Å². The van der Waals surface area contributed by atoms with Crippen LogP contribution in [0.1, 0.15) is 22.9 Å². The van der Waals surface area contributed by atoms with Crippen LogP contribution in [0.2, 0.25) is 0 Å². The predicted molar refractivity (Wildman–Crippen MR) is 71.3 cm³/mol. The summed E-state index contributed by atoms with van der Waals surface area (Å²) in [5, 5.41) is 2.47. The average molecular weight is 262 g/mol. The highest BCUT2D eigenvalue weighted by atomic mass is 32.1. The molecule has 94 valence electrons. The number of rotatable bonds is 1. The molecule has 0 aliphatic carbocycles. The number of benzene rings is 1. The van der Waals surface area contributed by atoms with Crippen LogP contribution in [0.4, 0.5) is 5.13 Å². The molecule has 3 rings (SSSR count). The van der Waals surface area contributed by atoms with E-state index < -0.39 is 0 Å². The number of aromatic nitrogens is 1. The number of fused-ring (bicyclic) bond motifs is 1. The average Bonchev–Trinajstić information content (AvgIpc) is 2.77. The quantitative estimate of drug-likeness (QED) is 0.858. The maximum absolute atomic E-state index is 5.93. The van der Waals surface area contributed by atoms with Crippen molar-refractivity contribution in [2.45, 2.75) is 20.0 Å². The van der Waals surface area contributed by atoms with Gasteiger partial charge in [-0.1, -0.05) is 0 Å². The molecule has 1 atom stereocenters. The molecule has 2 heterocycles. The van der Waals surface area contributed by atoms with Crippen molar-refractivity contribution < 1.29 is 9.47 Å². The molecular formula is C13H14N2O2S. The highest BCUT2D eigenvalue weighted by Gasteiger charge is 2.25. The highest BCUT2D eigenvalue weighted by Crippen LogP contribution is 2.38. The number of hydrogen-bond donors (Lipinski definition) is 1. The summed E-state index contributed by atoms with van der Waals surface area (Å²) in [6.07, 6.45) is -0.173. The maximum atomic E-state index is 5.93. The first-order chi connectivity index (χ1) is 8.63. The monoisotopic (exact) mass is 262 g/mol. The molecule has 0 saturated carbocycles. The van der Waals surface area contributed by atoms with E-state index in [0.29, 0.717) is 11.7 Å². The molecule has 0 fully saturated rings. The molecule has 0 spiro atoms. The summed E-state index contributed by atoms with van der Waals surface area (Å²) in [5.74, 6) is 1.58. The van der Waals surface area contributed by atoms with E-state index in [0.717, 1.165) is 17.2 Å². The van der Waals surface area contributed by atoms with Gasteiger partial charge >= 0.3 is 0 Å². The van der Waals surface area contributed by atoms with Gasteiger partial charge in [0, 0.05) is 5.38 Å². The summed E-state index contributed by atoms with van der Waals surface area (Å²) in [6, 6.07) is 4.02. The lowest BCUT2D eigenvalue weighted by Gasteiger charge is -2.26. The predicted octanol–water partition coefficient (Wildman–Crippen LogP) is 2.85. The fourth-order valence-electron chi connectivity index (χ4n) is 1.92. The second-order valence-corrected chi connectivity index (χ2v) is 5.30. The molecule has 5 heteroatoms. The second kappa shape index (κ2) is 4.17. The lowest BCUT2D eigenvalue weighted by Crippen LogP contribution is -2.22. The molecule has 1 aromatic carbocycles. The minimum absolute atomic E-state index is 0.173. The van der Waals surface area contributed by atoms with Crippen molar-refractivity contribution in [2.24, 2.45) is 0 Å². The molecule has 0 amide bonds. The molecule has 4 nitrogen and oxygen atoms in total. The van der Waals surface area contributed by atoms with Crippen LogP contribution in [-0.2, 0) is 0 Å². The number of ether oxygens (including phenoxy) is 2. The van der Waals surface area contributed by atoms with Gasteiger partial charge in [0.25, 0.3) is 0 Å². The van der Waals surface area contributed by atoms with Gasteiger partial charge in [-0.05, 0) is 37.1 Å². The summed E-state index contributed by atoms with van der Waals surface area (Å²) in [6.45, 7) is 4.59. The number of nitrogens with zero attached hydrogens (tertiary/aromatic N) is 1. The summed E-state index contributed by atoms with van der Waals surface area (Å²) >= 11 is 1.42. The Kier molecular flexibility index (Phi) is 2.63. The van der Waals surface area contributed by atoms with Crippen LogP contribution in [0.15, 0.2) is 17.5 Å². The molecule has 1 aliphatic rings. The Morgan fingerprint density at radius 3 is 2.67 bits per heavy atom. The van der Waals surface area contributed by atoms with E-state index in [9.17, 15) is 0 Å². The molecule has 1 unspecified atom stereocenters. The fourth-order valence-corrected chi connectivity index (χ4v) is 2.52. The van der Waals surface area contributed by atoms with Gasteiger partial charge < -0.3 is 15.2 Å².